The zero-order valence-electron chi connectivity index (χ0n) is 6.01. The smallest absolute Gasteiger partial charge is 0.293 e. The minimum atomic E-state index is 0. The highest BCUT2D eigenvalue weighted by Crippen LogP contribution is 1.94. The minimum absolute atomic E-state index is 0. The van der Waals surface area contributed by atoms with Crippen LogP contribution in [-0.4, -0.2) is 18.6 Å². The first-order valence-electron chi connectivity index (χ1n) is 3.08. The Kier molecular flexibility index (Phi) is 13.1. The van der Waals surface area contributed by atoms with Crippen molar-refractivity contribution in [3.63, 3.8) is 0 Å². The highest BCUT2D eigenvalue weighted by atomic mass is 16.5. The maximum Gasteiger partial charge on any atom is 0.293 e. The monoisotopic (exact) mass is 146 g/mol. The molecule has 0 radical (unpaired) electrons. The molecule has 0 atom stereocenters. The van der Waals surface area contributed by atoms with Crippen molar-refractivity contribution in [2.75, 3.05) is 6.61 Å². The zero-order chi connectivity index (χ0) is 6.95. The lowest BCUT2D eigenvalue weighted by molar-refractivity contribution is -0.128. The summed E-state index contributed by atoms with van der Waals surface area (Å²) < 4.78 is 4.47. The molecule has 0 rings (SSSR count). The van der Waals surface area contributed by atoms with Crippen LogP contribution in [-0.2, 0) is 9.53 Å². The largest absolute Gasteiger partial charge is 0.468 e. The van der Waals surface area contributed by atoms with Crippen LogP contribution in [0.4, 0.5) is 0 Å². The first kappa shape index (κ1) is 11.9. The Labute approximate surface area is 61.0 Å². The highest BCUT2D eigenvalue weighted by Gasteiger charge is 1.83. The van der Waals surface area contributed by atoms with Gasteiger partial charge in [0.1, 0.15) is 0 Å². The van der Waals surface area contributed by atoms with Gasteiger partial charge in [0.15, 0.2) is 0 Å². The topological polar surface area (TPSA) is 57.8 Å². The lowest BCUT2D eigenvalue weighted by atomic mass is 10.2. The first-order valence-corrected chi connectivity index (χ1v) is 3.08. The summed E-state index contributed by atoms with van der Waals surface area (Å²) >= 11 is 0. The SMILES string of the molecule is C=CCCCCOC=O.O. The molecule has 0 saturated carbocycles. The van der Waals surface area contributed by atoms with E-state index >= 15 is 0 Å². The maximum absolute atomic E-state index is 9.60. The van der Waals surface area contributed by atoms with Gasteiger partial charge in [0.2, 0.25) is 0 Å². The van der Waals surface area contributed by atoms with Gasteiger partial charge in [0.05, 0.1) is 6.61 Å². The number of carbonyl (C=O) groups excluding carboxylic acids is 1. The molecule has 0 aliphatic carbocycles. The number of unbranched alkanes of at least 4 members (excludes halogenated alkanes) is 2. The molecule has 0 aromatic carbocycles. The summed E-state index contributed by atoms with van der Waals surface area (Å²) in [5, 5.41) is 0. The average Bonchev–Trinajstić information content (AvgIpc) is 1.89. The molecule has 0 aliphatic heterocycles. The van der Waals surface area contributed by atoms with Crippen LogP contribution in [0.15, 0.2) is 12.7 Å². The molecule has 0 unspecified atom stereocenters. The fraction of sp³-hybridized carbons (Fsp3) is 0.571. The van der Waals surface area contributed by atoms with Gasteiger partial charge in [-0.25, -0.2) is 0 Å². The molecule has 2 N–H and O–H groups in total. The maximum atomic E-state index is 9.60. The van der Waals surface area contributed by atoms with Crippen molar-refractivity contribution in [3.8, 4) is 0 Å². The molecule has 0 bridgehead atoms. The molecule has 0 heterocycles. The lowest BCUT2D eigenvalue weighted by Crippen LogP contribution is -1.90. The molecule has 0 amide bonds. The molecular formula is C7H14O3. The van der Waals surface area contributed by atoms with E-state index in [1.807, 2.05) is 6.08 Å². The van der Waals surface area contributed by atoms with Crippen LogP contribution in [0.2, 0.25) is 0 Å². The van der Waals surface area contributed by atoms with Crippen LogP contribution in [0.25, 0.3) is 0 Å². The Hall–Kier alpha value is -0.830. The molecule has 0 fully saturated rings. The Balaban J connectivity index is 0. The standard InChI is InChI=1S/C7H12O2.H2O/c1-2-3-4-5-6-9-7-8;/h2,7H,1,3-6H2;1H2. The van der Waals surface area contributed by atoms with Gasteiger partial charge >= 0.3 is 0 Å². The summed E-state index contributed by atoms with van der Waals surface area (Å²) in [5.74, 6) is 0. The van der Waals surface area contributed by atoms with Crippen LogP contribution in [0.1, 0.15) is 19.3 Å². The third kappa shape index (κ3) is 10.2. The van der Waals surface area contributed by atoms with E-state index in [1.165, 1.54) is 0 Å². The number of allylic oxidation sites excluding steroid dienone is 1. The van der Waals surface area contributed by atoms with E-state index in [1.54, 1.807) is 0 Å². The summed E-state index contributed by atoms with van der Waals surface area (Å²) in [7, 11) is 0. The normalized spacial score (nSPS) is 7.60. The predicted octanol–water partition coefficient (Wildman–Crippen LogP) is 0.691. The van der Waals surface area contributed by atoms with Gasteiger partial charge < -0.3 is 10.2 Å². The van der Waals surface area contributed by atoms with Crippen molar-refractivity contribution in [1.29, 1.82) is 0 Å². The molecule has 3 heteroatoms. The molecule has 60 valence electrons. The molecule has 3 nitrogen and oxygen atoms in total. The summed E-state index contributed by atoms with van der Waals surface area (Å²) in [6.07, 6.45) is 4.85. The molecule has 0 aromatic rings. The van der Waals surface area contributed by atoms with Gasteiger partial charge in [-0.1, -0.05) is 6.08 Å². The average molecular weight is 146 g/mol. The van der Waals surface area contributed by atoms with E-state index < -0.39 is 0 Å². The van der Waals surface area contributed by atoms with Crippen LogP contribution < -0.4 is 0 Å². The van der Waals surface area contributed by atoms with Crippen molar-refractivity contribution in [2.45, 2.75) is 19.3 Å². The van der Waals surface area contributed by atoms with E-state index in [-0.39, 0.29) is 5.48 Å². The van der Waals surface area contributed by atoms with Crippen molar-refractivity contribution in [2.24, 2.45) is 0 Å². The Bertz CT molecular complexity index is 70.9. The lowest BCUT2D eigenvalue weighted by Gasteiger charge is -1.94. The molecule has 0 aliphatic rings. The van der Waals surface area contributed by atoms with Gasteiger partial charge in [0, 0.05) is 0 Å². The Morgan fingerprint density at radius 2 is 2.10 bits per heavy atom. The van der Waals surface area contributed by atoms with Gasteiger partial charge in [-0.3, -0.25) is 4.79 Å². The molecule has 10 heavy (non-hydrogen) atoms. The summed E-state index contributed by atoms with van der Waals surface area (Å²) in [5.41, 5.74) is 0. The van der Waals surface area contributed by atoms with Crippen LogP contribution in [0.3, 0.4) is 0 Å². The third-order valence-electron chi connectivity index (χ3n) is 0.988. The number of ether oxygens (including phenoxy) is 1. The predicted molar refractivity (Wildman–Crippen MR) is 39.7 cm³/mol. The zero-order valence-corrected chi connectivity index (χ0v) is 6.01. The second-order valence-corrected chi connectivity index (χ2v) is 1.75. The van der Waals surface area contributed by atoms with Crippen LogP contribution >= 0.6 is 0 Å². The van der Waals surface area contributed by atoms with Gasteiger partial charge in [-0.2, -0.15) is 0 Å². The third-order valence-corrected chi connectivity index (χ3v) is 0.988. The fourth-order valence-electron chi connectivity index (χ4n) is 0.522. The van der Waals surface area contributed by atoms with E-state index in [0.29, 0.717) is 13.1 Å². The molecule has 0 saturated heterocycles. The van der Waals surface area contributed by atoms with E-state index in [0.717, 1.165) is 19.3 Å². The minimum Gasteiger partial charge on any atom is -0.468 e. The van der Waals surface area contributed by atoms with Gasteiger partial charge in [0.25, 0.3) is 6.47 Å². The number of hydrogen-bond donors (Lipinski definition) is 0. The number of carbonyl (C=O) groups is 1. The van der Waals surface area contributed by atoms with Gasteiger partial charge in [-0.15, -0.1) is 6.58 Å². The first-order chi connectivity index (χ1) is 4.41. The number of hydrogen-bond acceptors (Lipinski definition) is 2. The van der Waals surface area contributed by atoms with Crippen molar-refractivity contribution in [1.82, 2.24) is 0 Å². The van der Waals surface area contributed by atoms with Crippen molar-refractivity contribution in [3.05, 3.63) is 12.7 Å². The molecule has 0 spiro atoms. The summed E-state index contributed by atoms with van der Waals surface area (Å²) in [6.45, 7) is 4.59. The van der Waals surface area contributed by atoms with E-state index in [4.69, 9.17) is 0 Å². The second kappa shape index (κ2) is 11.0. The van der Waals surface area contributed by atoms with Gasteiger partial charge in [-0.05, 0) is 19.3 Å². The van der Waals surface area contributed by atoms with E-state index in [2.05, 4.69) is 11.3 Å². The quantitative estimate of drug-likeness (QED) is 0.314. The summed E-state index contributed by atoms with van der Waals surface area (Å²) in [6, 6.07) is 0. The highest BCUT2D eigenvalue weighted by molar-refractivity contribution is 5.36. The fourth-order valence-corrected chi connectivity index (χ4v) is 0.522. The van der Waals surface area contributed by atoms with E-state index in [9.17, 15) is 4.79 Å². The second-order valence-electron chi connectivity index (χ2n) is 1.75. The molecular weight excluding hydrogens is 132 g/mol. The molecule has 0 aromatic heterocycles. The van der Waals surface area contributed by atoms with Crippen molar-refractivity contribution >= 4 is 6.47 Å². The van der Waals surface area contributed by atoms with Crippen LogP contribution in [0.5, 0.6) is 0 Å². The van der Waals surface area contributed by atoms with Crippen molar-refractivity contribution < 1.29 is 15.0 Å². The van der Waals surface area contributed by atoms with Crippen LogP contribution in [0, 0.1) is 0 Å². The summed E-state index contributed by atoms with van der Waals surface area (Å²) in [4.78, 5) is 9.60. The Morgan fingerprint density at radius 1 is 1.40 bits per heavy atom. The Morgan fingerprint density at radius 3 is 2.60 bits per heavy atom. The number of rotatable bonds is 6.